The molecule has 1 aliphatic carbocycles. The van der Waals surface area contributed by atoms with Crippen molar-refractivity contribution in [2.75, 3.05) is 16.8 Å². The summed E-state index contributed by atoms with van der Waals surface area (Å²) in [5.74, 6) is -1.23. The number of hydrogen-bond acceptors (Lipinski definition) is 7. The summed E-state index contributed by atoms with van der Waals surface area (Å²) in [7, 11) is 0. The van der Waals surface area contributed by atoms with Crippen LogP contribution in [-0.2, 0) is 19.5 Å². The predicted octanol–water partition coefficient (Wildman–Crippen LogP) is 7.58. The number of carboxylic acids is 1. The molecule has 0 unspecified atom stereocenters. The summed E-state index contributed by atoms with van der Waals surface area (Å²) in [5, 5.41) is 18.1. The number of alkyl halides is 3. The molecule has 47 heavy (non-hydrogen) atoms. The number of thiazole rings is 1. The van der Waals surface area contributed by atoms with E-state index < -0.39 is 17.6 Å². The molecule has 0 radical (unpaired) electrons. The van der Waals surface area contributed by atoms with Crippen molar-refractivity contribution in [3.63, 3.8) is 0 Å². The van der Waals surface area contributed by atoms with Gasteiger partial charge in [0.15, 0.2) is 16.6 Å². The van der Waals surface area contributed by atoms with Gasteiger partial charge < -0.3 is 10.0 Å². The Labute approximate surface area is 272 Å². The van der Waals surface area contributed by atoms with Crippen molar-refractivity contribution in [1.82, 2.24) is 19.7 Å². The highest BCUT2D eigenvalue weighted by Crippen LogP contribution is 2.50. The number of pyridine rings is 1. The average Bonchev–Trinajstić information content (AvgIpc) is 3.67. The van der Waals surface area contributed by atoms with Crippen molar-refractivity contribution in [2.45, 2.75) is 57.8 Å². The lowest BCUT2D eigenvalue weighted by atomic mass is 9.73. The number of carboxylic acid groups (broad SMARTS) is 1. The number of anilines is 2. The van der Waals surface area contributed by atoms with E-state index in [0.717, 1.165) is 27.8 Å². The number of hydrogen-bond donors (Lipinski definition) is 2. The topological polar surface area (TPSA) is 113 Å². The summed E-state index contributed by atoms with van der Waals surface area (Å²) in [5.41, 5.74) is 1.49. The van der Waals surface area contributed by atoms with Crippen LogP contribution in [0.2, 0.25) is 0 Å². The number of carbonyl (C=O) groups is 2. The van der Waals surface area contributed by atoms with Crippen molar-refractivity contribution in [3.05, 3.63) is 89.4 Å². The van der Waals surface area contributed by atoms with Gasteiger partial charge in [-0.2, -0.15) is 18.3 Å². The van der Waals surface area contributed by atoms with E-state index in [9.17, 15) is 27.9 Å². The lowest BCUT2D eigenvalue weighted by Gasteiger charge is -2.38. The first-order valence-corrected chi connectivity index (χ1v) is 16.3. The number of nitrogens with one attached hydrogen (secondary N) is 1. The van der Waals surface area contributed by atoms with Crippen LogP contribution < -0.4 is 10.2 Å². The highest BCUT2D eigenvalue weighted by Gasteiger charge is 2.55. The summed E-state index contributed by atoms with van der Waals surface area (Å²) in [6.07, 6.45) is 0.761. The molecule has 7 rings (SSSR count). The first-order valence-electron chi connectivity index (χ1n) is 15.5. The molecule has 0 bridgehead atoms. The molecule has 2 aromatic carbocycles. The minimum Gasteiger partial charge on any atom is -0.476 e. The van der Waals surface area contributed by atoms with Crippen molar-refractivity contribution >= 4 is 44.4 Å². The fourth-order valence-corrected chi connectivity index (χ4v) is 7.70. The highest BCUT2D eigenvalue weighted by molar-refractivity contribution is 7.22. The van der Waals surface area contributed by atoms with Gasteiger partial charge in [-0.3, -0.25) is 14.8 Å². The molecule has 13 heteroatoms. The van der Waals surface area contributed by atoms with Crippen LogP contribution in [0.15, 0.2) is 67.0 Å². The normalized spacial score (nSPS) is 16.2. The van der Waals surface area contributed by atoms with Crippen molar-refractivity contribution in [2.24, 2.45) is 5.41 Å². The first kappa shape index (κ1) is 30.9. The predicted molar refractivity (Wildman–Crippen MR) is 173 cm³/mol. The molecule has 0 saturated heterocycles. The maximum Gasteiger partial charge on any atom is 0.396 e. The molecular weight excluding hydrogens is 629 g/mol. The Morgan fingerprint density at radius 1 is 1.00 bits per heavy atom. The molecule has 4 heterocycles. The fourth-order valence-electron chi connectivity index (χ4n) is 6.84. The Hall–Kier alpha value is -4.78. The number of fused-ring (bicyclic) bond motifs is 2. The average molecular weight is 661 g/mol. The van der Waals surface area contributed by atoms with Gasteiger partial charge in [0.05, 0.1) is 22.2 Å². The molecule has 1 saturated carbocycles. The molecule has 1 aliphatic heterocycles. The number of rotatable bonds is 7. The van der Waals surface area contributed by atoms with Crippen molar-refractivity contribution in [1.29, 1.82) is 0 Å². The van der Waals surface area contributed by atoms with Crippen LogP contribution in [0.4, 0.5) is 24.1 Å². The van der Waals surface area contributed by atoms with Crippen molar-refractivity contribution in [3.8, 4) is 11.1 Å². The molecule has 2 N–H and O–H groups in total. The summed E-state index contributed by atoms with van der Waals surface area (Å²) in [6, 6.07) is 16.3. The Morgan fingerprint density at radius 2 is 1.81 bits per heavy atom. The summed E-state index contributed by atoms with van der Waals surface area (Å²) >= 11 is 1.38. The number of aromatic nitrogens is 4. The zero-order valence-corrected chi connectivity index (χ0v) is 26.1. The second-order valence-corrected chi connectivity index (χ2v) is 13.2. The van der Waals surface area contributed by atoms with Gasteiger partial charge in [0.25, 0.3) is 5.91 Å². The van der Waals surface area contributed by atoms with E-state index in [-0.39, 0.29) is 43.1 Å². The van der Waals surface area contributed by atoms with Gasteiger partial charge in [-0.1, -0.05) is 60.9 Å². The van der Waals surface area contributed by atoms with E-state index in [1.165, 1.54) is 28.4 Å². The van der Waals surface area contributed by atoms with Crippen LogP contribution in [0, 0.1) is 5.41 Å². The molecule has 9 nitrogen and oxygen atoms in total. The Bertz CT molecular complexity index is 1950. The number of nitrogens with zero attached hydrogens (tertiary/aromatic N) is 5. The maximum atomic E-state index is 14.6. The van der Waals surface area contributed by atoms with Crippen molar-refractivity contribution < 1.29 is 27.9 Å². The molecule has 2 aliphatic rings. The van der Waals surface area contributed by atoms with E-state index in [4.69, 9.17) is 5.10 Å². The van der Waals surface area contributed by atoms with E-state index in [2.05, 4.69) is 15.3 Å². The fraction of sp³-hybridized carbons (Fsp3) is 0.324. The quantitative estimate of drug-likeness (QED) is 0.185. The van der Waals surface area contributed by atoms with E-state index >= 15 is 0 Å². The van der Waals surface area contributed by atoms with Gasteiger partial charge in [0.1, 0.15) is 0 Å². The third-order valence-electron chi connectivity index (χ3n) is 9.25. The SMILES string of the molecule is O=C(Nc1nc2ccccc2s1)c1cccc2c1CN(c1nn(CC3(C(F)(F)F)CCCCC3)cc1-c1cccnc1C(=O)O)CC2. The lowest BCUT2D eigenvalue weighted by molar-refractivity contribution is -0.240. The van der Waals surface area contributed by atoms with Crippen LogP contribution in [0.3, 0.4) is 0 Å². The van der Waals surface area contributed by atoms with Crippen LogP contribution in [0.5, 0.6) is 0 Å². The number of carbonyl (C=O) groups excluding carboxylic acids is 1. The maximum absolute atomic E-state index is 14.6. The number of halogens is 3. The zero-order valence-electron chi connectivity index (χ0n) is 25.3. The number of para-hydroxylation sites is 1. The molecule has 242 valence electrons. The molecule has 3 aromatic heterocycles. The van der Waals surface area contributed by atoms with Crippen LogP contribution in [0.25, 0.3) is 21.3 Å². The second kappa shape index (κ2) is 12.1. The third kappa shape index (κ3) is 5.84. The van der Waals surface area contributed by atoms with Gasteiger partial charge in [0.2, 0.25) is 0 Å². The van der Waals surface area contributed by atoms with E-state index in [0.29, 0.717) is 47.9 Å². The molecular formula is C34H31F3N6O3S. The summed E-state index contributed by atoms with van der Waals surface area (Å²) in [4.78, 5) is 36.3. The Kier molecular flexibility index (Phi) is 7.95. The monoisotopic (exact) mass is 660 g/mol. The summed E-state index contributed by atoms with van der Waals surface area (Å²) < 4.78 is 45.9. The largest absolute Gasteiger partial charge is 0.476 e. The molecule has 1 fully saturated rings. The van der Waals surface area contributed by atoms with Gasteiger partial charge in [0, 0.05) is 42.2 Å². The number of aromatic carboxylic acids is 1. The molecule has 0 spiro atoms. The van der Waals surface area contributed by atoms with Gasteiger partial charge in [-0.15, -0.1) is 0 Å². The van der Waals surface area contributed by atoms with E-state index in [1.54, 1.807) is 18.2 Å². The lowest BCUT2D eigenvalue weighted by Crippen LogP contribution is -2.43. The minimum atomic E-state index is -4.42. The van der Waals surface area contributed by atoms with E-state index in [1.807, 2.05) is 41.3 Å². The minimum absolute atomic E-state index is 0.0124. The second-order valence-electron chi connectivity index (χ2n) is 12.2. The van der Waals surface area contributed by atoms with Gasteiger partial charge >= 0.3 is 12.1 Å². The number of benzene rings is 2. The molecule has 5 aromatic rings. The van der Waals surface area contributed by atoms with Crippen LogP contribution in [-0.4, -0.2) is 49.5 Å². The standard InChI is InChI=1S/C34H31F3N6O3S/c35-34(36,37)33(14-4-1-5-15-33)20-43-19-25(22-10-7-16-38-28(22)31(45)46)29(41-43)42-17-13-21-8-6-9-23(24(21)18-42)30(44)40-32-39-26-11-2-3-12-27(26)47-32/h2-3,6-12,16,19H,1,4-5,13-15,17-18,20H2,(H,45,46)(H,39,40,44). The first-order chi connectivity index (χ1) is 22.6. The Morgan fingerprint density at radius 3 is 2.57 bits per heavy atom. The third-order valence-corrected chi connectivity index (χ3v) is 10.2. The number of amides is 1. The van der Waals surface area contributed by atoms with Gasteiger partial charge in [-0.05, 0) is 54.7 Å². The van der Waals surface area contributed by atoms with Crippen LogP contribution in [0.1, 0.15) is 64.1 Å². The zero-order chi connectivity index (χ0) is 32.8. The molecule has 0 atom stereocenters. The van der Waals surface area contributed by atoms with Gasteiger partial charge in [-0.25, -0.2) is 14.8 Å². The Balaban J connectivity index is 1.25. The smallest absolute Gasteiger partial charge is 0.396 e. The van der Waals surface area contributed by atoms with Crippen LogP contribution >= 0.6 is 11.3 Å². The molecule has 1 amide bonds. The highest BCUT2D eigenvalue weighted by atomic mass is 32.1. The summed E-state index contributed by atoms with van der Waals surface area (Å²) in [6.45, 7) is 0.343.